The Bertz CT molecular complexity index is 975. The summed E-state index contributed by atoms with van der Waals surface area (Å²) >= 11 is 0. The molecule has 3 heterocycles. The summed E-state index contributed by atoms with van der Waals surface area (Å²) in [6.45, 7) is 4.39. The highest BCUT2D eigenvalue weighted by atomic mass is 16.2. The van der Waals surface area contributed by atoms with E-state index in [2.05, 4.69) is 59.9 Å². The lowest BCUT2D eigenvalue weighted by Crippen LogP contribution is -2.46. The van der Waals surface area contributed by atoms with Gasteiger partial charge in [-0.25, -0.2) is 9.97 Å². The molecule has 0 atom stereocenters. The number of anilines is 3. The van der Waals surface area contributed by atoms with Gasteiger partial charge in [-0.15, -0.1) is 0 Å². The van der Waals surface area contributed by atoms with E-state index in [1.54, 1.807) is 18.3 Å². The minimum atomic E-state index is -0.322. The molecule has 0 radical (unpaired) electrons. The highest BCUT2D eigenvalue weighted by molar-refractivity contribution is 5.94. The second-order valence-electron chi connectivity index (χ2n) is 7.03. The third-order valence-electron chi connectivity index (χ3n) is 5.00. The van der Waals surface area contributed by atoms with Gasteiger partial charge in [0.05, 0.1) is 5.56 Å². The molecule has 0 saturated carbocycles. The molecule has 0 bridgehead atoms. The van der Waals surface area contributed by atoms with Gasteiger partial charge in [-0.2, -0.15) is 0 Å². The van der Waals surface area contributed by atoms with Gasteiger partial charge in [0.2, 0.25) is 0 Å². The molecule has 1 amide bonds. The number of nitrogens with one attached hydrogen (secondary N) is 2. The van der Waals surface area contributed by atoms with E-state index in [9.17, 15) is 4.79 Å². The number of carbonyl (C=O) groups is 1. The van der Waals surface area contributed by atoms with Crippen LogP contribution < -0.4 is 21.5 Å². The normalized spacial score (nSPS) is 14.3. The maximum atomic E-state index is 12.2. The van der Waals surface area contributed by atoms with Crippen molar-refractivity contribution in [1.82, 2.24) is 25.3 Å². The van der Waals surface area contributed by atoms with Crippen molar-refractivity contribution in [2.24, 2.45) is 0 Å². The van der Waals surface area contributed by atoms with E-state index in [0.717, 1.165) is 32.7 Å². The lowest BCUT2D eigenvalue weighted by molar-refractivity contribution is 0.0962. The largest absolute Gasteiger partial charge is 0.393 e. The molecule has 30 heavy (non-hydrogen) atoms. The fraction of sp³-hybridized carbons (Fsp3) is 0.238. The van der Waals surface area contributed by atoms with Crippen LogP contribution in [-0.4, -0.2) is 51.9 Å². The van der Waals surface area contributed by atoms with Crippen molar-refractivity contribution in [2.75, 3.05) is 42.2 Å². The molecular weight excluding hydrogens is 380 g/mol. The van der Waals surface area contributed by atoms with Crippen LogP contribution in [0.15, 0.2) is 61.2 Å². The number of rotatable bonds is 6. The van der Waals surface area contributed by atoms with E-state index < -0.39 is 0 Å². The zero-order valence-electron chi connectivity index (χ0n) is 16.5. The standard InChI is InChI=1S/C21H24N8O/c22-18-19(26-27-21(30)17-7-4-8-23-13-17)24-15-25-20(18)29-11-9-28(10-12-29)14-16-5-2-1-3-6-16/h1-8,13,15H,9-12,14,22H2,(H,27,30)(H,24,25,26). The van der Waals surface area contributed by atoms with Crippen molar-refractivity contribution in [3.05, 3.63) is 72.3 Å². The van der Waals surface area contributed by atoms with Crippen molar-refractivity contribution in [1.29, 1.82) is 0 Å². The van der Waals surface area contributed by atoms with E-state index in [1.807, 2.05) is 6.07 Å². The third-order valence-corrected chi connectivity index (χ3v) is 5.00. The molecule has 0 unspecified atom stereocenters. The predicted molar refractivity (Wildman–Crippen MR) is 116 cm³/mol. The molecule has 154 valence electrons. The Labute approximate surface area is 174 Å². The fourth-order valence-corrected chi connectivity index (χ4v) is 3.38. The van der Waals surface area contributed by atoms with Crippen LogP contribution in [0.1, 0.15) is 15.9 Å². The molecule has 1 aromatic carbocycles. The van der Waals surface area contributed by atoms with Gasteiger partial charge in [-0.1, -0.05) is 30.3 Å². The number of aromatic nitrogens is 3. The number of nitrogens with zero attached hydrogens (tertiary/aromatic N) is 5. The summed E-state index contributed by atoms with van der Waals surface area (Å²) in [5.74, 6) is 0.712. The van der Waals surface area contributed by atoms with Crippen molar-refractivity contribution in [2.45, 2.75) is 6.54 Å². The summed E-state index contributed by atoms with van der Waals surface area (Å²) < 4.78 is 0. The summed E-state index contributed by atoms with van der Waals surface area (Å²) in [5.41, 5.74) is 13.8. The van der Waals surface area contributed by atoms with Gasteiger partial charge in [-0.3, -0.25) is 25.5 Å². The lowest BCUT2D eigenvalue weighted by atomic mass is 10.2. The van der Waals surface area contributed by atoms with Gasteiger partial charge in [-0.05, 0) is 17.7 Å². The molecule has 9 heteroatoms. The molecule has 4 N–H and O–H groups in total. The summed E-state index contributed by atoms with van der Waals surface area (Å²) in [4.78, 5) is 29.2. The molecule has 4 rings (SSSR count). The Hall–Kier alpha value is -3.72. The SMILES string of the molecule is Nc1c(NNC(=O)c2cccnc2)ncnc1N1CCN(Cc2ccccc2)CC1. The number of hydrogen-bond donors (Lipinski definition) is 3. The van der Waals surface area contributed by atoms with Crippen LogP contribution in [-0.2, 0) is 6.54 Å². The van der Waals surface area contributed by atoms with E-state index in [1.165, 1.54) is 18.1 Å². The highest BCUT2D eigenvalue weighted by Gasteiger charge is 2.21. The van der Waals surface area contributed by atoms with Crippen LogP contribution in [0.2, 0.25) is 0 Å². The van der Waals surface area contributed by atoms with Gasteiger partial charge in [0, 0.05) is 45.1 Å². The van der Waals surface area contributed by atoms with Crippen LogP contribution in [0.25, 0.3) is 0 Å². The molecule has 1 aliphatic rings. The number of hydrogen-bond acceptors (Lipinski definition) is 8. The first kappa shape index (κ1) is 19.6. The smallest absolute Gasteiger partial charge is 0.271 e. The van der Waals surface area contributed by atoms with Crippen molar-refractivity contribution in [3.63, 3.8) is 0 Å². The number of amides is 1. The molecule has 1 fully saturated rings. The number of nitrogens with two attached hydrogens (primary N) is 1. The average Bonchev–Trinajstić information content (AvgIpc) is 2.80. The summed E-state index contributed by atoms with van der Waals surface area (Å²) in [6, 6.07) is 13.8. The number of benzene rings is 1. The first-order chi connectivity index (χ1) is 14.7. The molecule has 2 aromatic heterocycles. The van der Waals surface area contributed by atoms with Gasteiger partial charge < -0.3 is 10.6 Å². The lowest BCUT2D eigenvalue weighted by Gasteiger charge is -2.36. The van der Waals surface area contributed by atoms with Crippen LogP contribution in [0.4, 0.5) is 17.3 Å². The minimum Gasteiger partial charge on any atom is -0.393 e. The van der Waals surface area contributed by atoms with Gasteiger partial charge in [0.25, 0.3) is 5.91 Å². The van der Waals surface area contributed by atoms with Gasteiger partial charge in [0.1, 0.15) is 12.0 Å². The van der Waals surface area contributed by atoms with Crippen molar-refractivity contribution < 1.29 is 4.79 Å². The second-order valence-corrected chi connectivity index (χ2v) is 7.03. The van der Waals surface area contributed by atoms with Crippen molar-refractivity contribution in [3.8, 4) is 0 Å². The van der Waals surface area contributed by atoms with Gasteiger partial charge >= 0.3 is 0 Å². The van der Waals surface area contributed by atoms with Crippen LogP contribution in [0.5, 0.6) is 0 Å². The number of pyridine rings is 1. The van der Waals surface area contributed by atoms with Crippen LogP contribution in [0.3, 0.4) is 0 Å². The number of piperazine rings is 1. The average molecular weight is 404 g/mol. The van der Waals surface area contributed by atoms with Gasteiger partial charge in [0.15, 0.2) is 11.6 Å². The summed E-state index contributed by atoms with van der Waals surface area (Å²) in [5, 5.41) is 0. The monoisotopic (exact) mass is 404 g/mol. The summed E-state index contributed by atoms with van der Waals surface area (Å²) in [6.07, 6.45) is 4.54. The van der Waals surface area contributed by atoms with E-state index >= 15 is 0 Å². The quantitative estimate of drug-likeness (QED) is 0.530. The molecular formula is C21H24N8O. The Morgan fingerprint density at radius 2 is 1.83 bits per heavy atom. The second kappa shape index (κ2) is 9.19. The molecule has 3 aromatic rings. The number of nitrogen functional groups attached to an aromatic ring is 1. The Morgan fingerprint density at radius 3 is 2.57 bits per heavy atom. The summed E-state index contributed by atoms with van der Waals surface area (Å²) in [7, 11) is 0. The minimum absolute atomic E-state index is 0.322. The van der Waals surface area contributed by atoms with E-state index in [-0.39, 0.29) is 5.91 Å². The number of hydrazine groups is 1. The molecule has 0 spiro atoms. The molecule has 0 aliphatic carbocycles. The first-order valence-corrected chi connectivity index (χ1v) is 9.79. The topological polar surface area (TPSA) is 112 Å². The fourth-order valence-electron chi connectivity index (χ4n) is 3.38. The Morgan fingerprint density at radius 1 is 1.03 bits per heavy atom. The van der Waals surface area contributed by atoms with Crippen LogP contribution >= 0.6 is 0 Å². The number of carbonyl (C=O) groups excluding carboxylic acids is 1. The first-order valence-electron chi connectivity index (χ1n) is 9.79. The zero-order valence-corrected chi connectivity index (χ0v) is 16.5. The Kier molecular flexibility index (Phi) is 6.00. The molecule has 1 saturated heterocycles. The maximum Gasteiger partial charge on any atom is 0.271 e. The predicted octanol–water partition coefficient (Wildman–Crippen LogP) is 1.53. The molecule has 1 aliphatic heterocycles. The van der Waals surface area contributed by atoms with E-state index in [4.69, 9.17) is 5.73 Å². The van der Waals surface area contributed by atoms with Crippen LogP contribution in [0, 0.1) is 0 Å². The van der Waals surface area contributed by atoms with Crippen molar-refractivity contribution >= 4 is 23.2 Å². The molecule has 9 nitrogen and oxygen atoms in total. The highest BCUT2D eigenvalue weighted by Crippen LogP contribution is 2.26. The maximum absolute atomic E-state index is 12.2. The van der Waals surface area contributed by atoms with E-state index in [0.29, 0.717) is 22.9 Å². The Balaban J connectivity index is 1.36. The third kappa shape index (κ3) is 4.64. The zero-order chi connectivity index (χ0) is 20.8.